The molecule has 134 valence electrons. The third-order valence-electron chi connectivity index (χ3n) is 4.93. The van der Waals surface area contributed by atoms with Crippen LogP contribution in [0.15, 0.2) is 22.8 Å². The molecule has 0 aliphatic carbocycles. The Labute approximate surface area is 147 Å². The van der Waals surface area contributed by atoms with E-state index >= 15 is 0 Å². The number of aryl methyl sites for hydroxylation is 2. The minimum Gasteiger partial charge on any atom is -0.464 e. The normalized spacial score (nSPS) is 16.0. The molecule has 1 aliphatic heterocycles. The molecular formula is C20H25NO4. The first-order valence-electron chi connectivity index (χ1n) is 8.91. The van der Waals surface area contributed by atoms with Gasteiger partial charge in [-0.25, -0.2) is 0 Å². The minimum atomic E-state index is -0.743. The van der Waals surface area contributed by atoms with E-state index in [1.165, 1.54) is 0 Å². The minimum absolute atomic E-state index is 0.100. The Morgan fingerprint density at radius 2 is 1.84 bits per heavy atom. The number of amides is 1. The molecule has 0 spiro atoms. The van der Waals surface area contributed by atoms with Crippen molar-refractivity contribution < 1.29 is 18.7 Å². The summed E-state index contributed by atoms with van der Waals surface area (Å²) in [5.41, 5.74) is 3.86. The molecule has 3 rings (SSSR count). The molecule has 1 amide bonds. The Bertz CT molecular complexity index is 786. The van der Waals surface area contributed by atoms with Crippen molar-refractivity contribution in [3.05, 3.63) is 35.1 Å². The number of ether oxygens (including phenoxy) is 1. The molecule has 25 heavy (non-hydrogen) atoms. The van der Waals surface area contributed by atoms with Crippen LogP contribution in [0.5, 0.6) is 0 Å². The molecule has 5 nitrogen and oxygen atoms in total. The van der Waals surface area contributed by atoms with Crippen molar-refractivity contribution in [3.63, 3.8) is 0 Å². The second-order valence-corrected chi connectivity index (χ2v) is 6.89. The van der Waals surface area contributed by atoms with E-state index in [-0.39, 0.29) is 12.3 Å². The number of hydrogen-bond acceptors (Lipinski definition) is 4. The maximum atomic E-state index is 12.4. The first kappa shape index (κ1) is 17.5. The molecular weight excluding hydrogens is 318 g/mol. The molecule has 0 bridgehead atoms. The van der Waals surface area contributed by atoms with Gasteiger partial charge in [0.15, 0.2) is 6.10 Å². The van der Waals surface area contributed by atoms with Gasteiger partial charge < -0.3 is 14.1 Å². The van der Waals surface area contributed by atoms with E-state index in [1.54, 1.807) is 18.1 Å². The van der Waals surface area contributed by atoms with Crippen LogP contribution in [-0.4, -0.2) is 36.0 Å². The third-order valence-corrected chi connectivity index (χ3v) is 4.93. The molecule has 0 N–H and O–H groups in total. The fourth-order valence-electron chi connectivity index (χ4n) is 3.29. The molecule has 1 aromatic heterocycles. The summed E-state index contributed by atoms with van der Waals surface area (Å²) in [6.07, 6.45) is 4.16. The van der Waals surface area contributed by atoms with Crippen LogP contribution in [0.3, 0.4) is 0 Å². The number of esters is 1. The van der Waals surface area contributed by atoms with Crippen LogP contribution in [-0.2, 0) is 20.7 Å². The topological polar surface area (TPSA) is 59.8 Å². The van der Waals surface area contributed by atoms with Gasteiger partial charge in [-0.3, -0.25) is 9.59 Å². The largest absolute Gasteiger partial charge is 0.464 e. The smallest absolute Gasteiger partial charge is 0.311 e. The Morgan fingerprint density at radius 1 is 1.16 bits per heavy atom. The average Bonchev–Trinajstić information content (AvgIpc) is 2.97. The predicted molar refractivity (Wildman–Crippen MR) is 95.4 cm³/mol. The Morgan fingerprint density at radius 3 is 2.56 bits per heavy atom. The van der Waals surface area contributed by atoms with E-state index in [0.29, 0.717) is 0 Å². The molecule has 1 saturated heterocycles. The number of furan rings is 1. The molecule has 1 fully saturated rings. The van der Waals surface area contributed by atoms with Crippen LogP contribution in [0.1, 0.15) is 42.9 Å². The van der Waals surface area contributed by atoms with Crippen LogP contribution in [0.25, 0.3) is 11.0 Å². The van der Waals surface area contributed by atoms with Gasteiger partial charge in [0, 0.05) is 24.0 Å². The maximum Gasteiger partial charge on any atom is 0.311 e. The molecule has 0 saturated carbocycles. The third kappa shape index (κ3) is 3.86. The highest BCUT2D eigenvalue weighted by Crippen LogP contribution is 2.25. The van der Waals surface area contributed by atoms with Crippen LogP contribution in [0.4, 0.5) is 0 Å². The van der Waals surface area contributed by atoms with Gasteiger partial charge in [0.25, 0.3) is 5.91 Å². The van der Waals surface area contributed by atoms with Crippen LogP contribution >= 0.6 is 0 Å². The van der Waals surface area contributed by atoms with Crippen molar-refractivity contribution >= 4 is 22.8 Å². The van der Waals surface area contributed by atoms with Gasteiger partial charge >= 0.3 is 5.97 Å². The van der Waals surface area contributed by atoms with Gasteiger partial charge in [0.2, 0.25) is 0 Å². The number of nitrogens with zero attached hydrogens (tertiary/aromatic N) is 1. The Balaban J connectivity index is 1.64. The van der Waals surface area contributed by atoms with Gasteiger partial charge in [-0.2, -0.15) is 0 Å². The first-order valence-corrected chi connectivity index (χ1v) is 8.91. The maximum absolute atomic E-state index is 12.4. The monoisotopic (exact) mass is 343 g/mol. The molecule has 5 heteroatoms. The van der Waals surface area contributed by atoms with Gasteiger partial charge in [0.05, 0.1) is 12.7 Å². The molecule has 0 radical (unpaired) electrons. The summed E-state index contributed by atoms with van der Waals surface area (Å²) in [7, 11) is 0. The van der Waals surface area contributed by atoms with Crippen molar-refractivity contribution in [1.82, 2.24) is 4.90 Å². The number of fused-ring (bicyclic) bond motifs is 1. The van der Waals surface area contributed by atoms with Gasteiger partial charge in [-0.1, -0.05) is 0 Å². The molecule has 1 aliphatic rings. The number of rotatable bonds is 4. The number of benzene rings is 1. The summed E-state index contributed by atoms with van der Waals surface area (Å²) >= 11 is 0. The lowest BCUT2D eigenvalue weighted by Gasteiger charge is -2.28. The molecule has 2 aromatic rings. The Hall–Kier alpha value is -2.30. The lowest BCUT2D eigenvalue weighted by atomic mass is 10.0. The van der Waals surface area contributed by atoms with Crippen LogP contribution in [0.2, 0.25) is 0 Å². The quantitative estimate of drug-likeness (QED) is 0.797. The first-order chi connectivity index (χ1) is 12.0. The van der Waals surface area contributed by atoms with E-state index in [9.17, 15) is 9.59 Å². The van der Waals surface area contributed by atoms with Crippen molar-refractivity contribution in [3.8, 4) is 0 Å². The second-order valence-electron chi connectivity index (χ2n) is 6.89. The van der Waals surface area contributed by atoms with E-state index in [0.717, 1.165) is 60.0 Å². The zero-order valence-corrected chi connectivity index (χ0v) is 15.1. The number of carbonyl (C=O) groups is 2. The zero-order valence-electron chi connectivity index (χ0n) is 15.1. The summed E-state index contributed by atoms with van der Waals surface area (Å²) < 4.78 is 10.9. The van der Waals surface area contributed by atoms with Crippen LogP contribution < -0.4 is 0 Å². The van der Waals surface area contributed by atoms with E-state index in [1.807, 2.05) is 26.0 Å². The fourth-order valence-corrected chi connectivity index (χ4v) is 3.29. The summed E-state index contributed by atoms with van der Waals surface area (Å²) in [4.78, 5) is 26.4. The summed E-state index contributed by atoms with van der Waals surface area (Å²) in [5, 5.41) is 0.926. The highest BCUT2D eigenvalue weighted by Gasteiger charge is 2.25. The number of piperidine rings is 1. The molecule has 2 heterocycles. The SMILES string of the molecule is Cc1cc2occ(CC(=O)O[C@H](C)C(=O)N3CCCCC3)c2cc1C. The number of hydrogen-bond donors (Lipinski definition) is 0. The van der Waals surface area contributed by atoms with Crippen molar-refractivity contribution in [2.75, 3.05) is 13.1 Å². The highest BCUT2D eigenvalue weighted by atomic mass is 16.5. The van der Waals surface area contributed by atoms with E-state index in [2.05, 4.69) is 0 Å². The number of likely N-dealkylation sites (tertiary alicyclic amines) is 1. The van der Waals surface area contributed by atoms with Crippen molar-refractivity contribution in [2.24, 2.45) is 0 Å². The lowest BCUT2D eigenvalue weighted by Crippen LogP contribution is -2.42. The predicted octanol–water partition coefficient (Wildman–Crippen LogP) is 3.54. The van der Waals surface area contributed by atoms with Gasteiger partial charge in [0.1, 0.15) is 5.58 Å². The fraction of sp³-hybridized carbons (Fsp3) is 0.500. The zero-order chi connectivity index (χ0) is 18.0. The van der Waals surface area contributed by atoms with Gasteiger partial charge in [-0.15, -0.1) is 0 Å². The van der Waals surface area contributed by atoms with Crippen molar-refractivity contribution in [1.29, 1.82) is 0 Å². The van der Waals surface area contributed by atoms with E-state index in [4.69, 9.17) is 9.15 Å². The van der Waals surface area contributed by atoms with E-state index < -0.39 is 12.1 Å². The standard InChI is InChI=1S/C20H25NO4/c1-13-9-17-16(12-24-18(17)10-14(13)2)11-19(22)25-15(3)20(23)21-7-5-4-6-8-21/h9-10,12,15H,4-8,11H2,1-3H3/t15-/m1/s1. The van der Waals surface area contributed by atoms with Crippen molar-refractivity contribution in [2.45, 2.75) is 52.6 Å². The summed E-state index contributed by atoms with van der Waals surface area (Å²) in [6, 6.07) is 4.00. The second kappa shape index (κ2) is 7.30. The number of carbonyl (C=O) groups excluding carboxylic acids is 2. The summed E-state index contributed by atoms with van der Waals surface area (Å²) in [5.74, 6) is -0.504. The molecule has 1 aromatic carbocycles. The van der Waals surface area contributed by atoms with Gasteiger partial charge in [-0.05, 0) is 63.3 Å². The molecule has 1 atom stereocenters. The molecule has 0 unspecified atom stereocenters. The summed E-state index contributed by atoms with van der Waals surface area (Å²) in [6.45, 7) is 7.22. The van der Waals surface area contributed by atoms with Crippen LogP contribution in [0, 0.1) is 13.8 Å². The highest BCUT2D eigenvalue weighted by molar-refractivity contribution is 5.88. The lowest BCUT2D eigenvalue weighted by molar-refractivity contribution is -0.159. The Kier molecular flexibility index (Phi) is 5.11. The average molecular weight is 343 g/mol.